The molecule has 0 atom stereocenters. The quantitative estimate of drug-likeness (QED) is 0.901. The number of pyridine rings is 1. The highest BCUT2D eigenvalue weighted by atomic mass is 32.2. The van der Waals surface area contributed by atoms with Crippen molar-refractivity contribution in [3.63, 3.8) is 0 Å². The Kier molecular flexibility index (Phi) is 4.13. The summed E-state index contributed by atoms with van der Waals surface area (Å²) in [5, 5.41) is 0. The average molecular weight is 278 g/mol. The number of methoxy groups -OCH3 is 1. The van der Waals surface area contributed by atoms with Crippen molar-refractivity contribution >= 4 is 10.0 Å². The highest BCUT2D eigenvalue weighted by Crippen LogP contribution is 2.19. The van der Waals surface area contributed by atoms with Crippen molar-refractivity contribution in [2.45, 2.75) is 11.4 Å². The van der Waals surface area contributed by atoms with Crippen molar-refractivity contribution in [2.75, 3.05) is 7.11 Å². The van der Waals surface area contributed by atoms with Crippen LogP contribution >= 0.6 is 0 Å². The maximum absolute atomic E-state index is 12.2. The first kappa shape index (κ1) is 13.5. The normalized spacial score (nSPS) is 11.2. The molecule has 0 aliphatic heterocycles. The molecule has 0 fully saturated rings. The number of benzene rings is 1. The molecule has 0 bridgehead atoms. The minimum atomic E-state index is -3.64. The standard InChI is InChI=1S/C13H14N2O3S/c1-18-13-12(8-5-9-14-13)19(16,17)15-10-11-6-3-2-4-7-11/h2-9,15H,10H2,1H3. The maximum Gasteiger partial charge on any atom is 0.246 e. The summed E-state index contributed by atoms with van der Waals surface area (Å²) in [6.07, 6.45) is 1.48. The third-order valence-corrected chi connectivity index (χ3v) is 3.94. The monoisotopic (exact) mass is 278 g/mol. The van der Waals surface area contributed by atoms with Gasteiger partial charge in [0.15, 0.2) is 0 Å². The van der Waals surface area contributed by atoms with Gasteiger partial charge >= 0.3 is 0 Å². The van der Waals surface area contributed by atoms with E-state index in [1.807, 2.05) is 30.3 Å². The van der Waals surface area contributed by atoms with Gasteiger partial charge in [-0.2, -0.15) is 0 Å². The zero-order chi connectivity index (χ0) is 13.7. The van der Waals surface area contributed by atoms with Crippen LogP contribution in [0.5, 0.6) is 5.88 Å². The maximum atomic E-state index is 12.2. The largest absolute Gasteiger partial charge is 0.480 e. The van der Waals surface area contributed by atoms with E-state index >= 15 is 0 Å². The van der Waals surface area contributed by atoms with E-state index in [-0.39, 0.29) is 17.3 Å². The van der Waals surface area contributed by atoms with Crippen LogP contribution in [0.1, 0.15) is 5.56 Å². The lowest BCUT2D eigenvalue weighted by Crippen LogP contribution is -2.23. The van der Waals surface area contributed by atoms with Crippen LogP contribution in [-0.4, -0.2) is 20.5 Å². The summed E-state index contributed by atoms with van der Waals surface area (Å²) in [4.78, 5) is 3.91. The molecular weight excluding hydrogens is 264 g/mol. The Balaban J connectivity index is 2.19. The van der Waals surface area contributed by atoms with Crippen LogP contribution in [0.15, 0.2) is 53.6 Å². The van der Waals surface area contributed by atoms with Gasteiger partial charge in [-0.05, 0) is 17.7 Å². The Labute approximate surface area is 112 Å². The number of aromatic nitrogens is 1. The molecule has 1 aromatic carbocycles. The van der Waals surface area contributed by atoms with Crippen LogP contribution < -0.4 is 9.46 Å². The molecular formula is C13H14N2O3S. The molecule has 0 unspecified atom stereocenters. The molecule has 0 spiro atoms. The Hall–Kier alpha value is -1.92. The SMILES string of the molecule is COc1ncccc1S(=O)(=O)NCc1ccccc1. The number of ether oxygens (including phenoxy) is 1. The van der Waals surface area contributed by atoms with E-state index in [1.54, 1.807) is 6.07 Å². The molecule has 5 nitrogen and oxygen atoms in total. The number of nitrogens with zero attached hydrogens (tertiary/aromatic N) is 1. The Morgan fingerprint density at radius 2 is 1.89 bits per heavy atom. The number of hydrogen-bond donors (Lipinski definition) is 1. The molecule has 0 radical (unpaired) electrons. The zero-order valence-electron chi connectivity index (χ0n) is 10.4. The third-order valence-electron chi connectivity index (χ3n) is 2.53. The number of nitrogens with one attached hydrogen (secondary N) is 1. The van der Waals surface area contributed by atoms with Gasteiger partial charge in [-0.25, -0.2) is 18.1 Å². The lowest BCUT2D eigenvalue weighted by molar-refractivity contribution is 0.384. The van der Waals surface area contributed by atoms with Gasteiger partial charge in [-0.1, -0.05) is 30.3 Å². The van der Waals surface area contributed by atoms with E-state index in [9.17, 15) is 8.42 Å². The minimum Gasteiger partial charge on any atom is -0.480 e. The highest BCUT2D eigenvalue weighted by Gasteiger charge is 2.19. The number of hydrogen-bond acceptors (Lipinski definition) is 4. The highest BCUT2D eigenvalue weighted by molar-refractivity contribution is 7.89. The fourth-order valence-corrected chi connectivity index (χ4v) is 2.72. The number of sulfonamides is 1. The second kappa shape index (κ2) is 5.81. The molecule has 1 aromatic heterocycles. The smallest absolute Gasteiger partial charge is 0.246 e. The first-order valence-corrected chi connectivity index (χ1v) is 7.14. The predicted molar refractivity (Wildman–Crippen MR) is 71.3 cm³/mol. The average Bonchev–Trinajstić information content (AvgIpc) is 2.46. The van der Waals surface area contributed by atoms with Crippen LogP contribution in [-0.2, 0) is 16.6 Å². The lowest BCUT2D eigenvalue weighted by atomic mass is 10.2. The van der Waals surface area contributed by atoms with Gasteiger partial charge in [0.1, 0.15) is 4.90 Å². The van der Waals surface area contributed by atoms with Gasteiger partial charge in [-0.3, -0.25) is 0 Å². The fourth-order valence-electron chi connectivity index (χ4n) is 1.59. The van der Waals surface area contributed by atoms with Crippen LogP contribution in [0.3, 0.4) is 0 Å². The lowest BCUT2D eigenvalue weighted by Gasteiger charge is -2.09. The summed E-state index contributed by atoms with van der Waals surface area (Å²) in [6, 6.07) is 12.3. The van der Waals surface area contributed by atoms with Crippen molar-refractivity contribution < 1.29 is 13.2 Å². The second-order valence-electron chi connectivity index (χ2n) is 3.82. The van der Waals surface area contributed by atoms with E-state index in [2.05, 4.69) is 9.71 Å². The summed E-state index contributed by atoms with van der Waals surface area (Å²) in [5.74, 6) is 0.0862. The van der Waals surface area contributed by atoms with Crippen molar-refractivity contribution in [3.8, 4) is 5.88 Å². The Morgan fingerprint density at radius 1 is 1.16 bits per heavy atom. The van der Waals surface area contributed by atoms with Crippen molar-refractivity contribution in [1.29, 1.82) is 0 Å². The molecule has 100 valence electrons. The zero-order valence-corrected chi connectivity index (χ0v) is 11.2. The molecule has 0 amide bonds. The summed E-state index contributed by atoms with van der Waals surface area (Å²) in [6.45, 7) is 0.223. The minimum absolute atomic E-state index is 0.0356. The molecule has 0 aliphatic rings. The summed E-state index contributed by atoms with van der Waals surface area (Å²) in [5.41, 5.74) is 0.883. The summed E-state index contributed by atoms with van der Waals surface area (Å²) in [7, 11) is -2.25. The first-order valence-electron chi connectivity index (χ1n) is 5.66. The van der Waals surface area contributed by atoms with E-state index < -0.39 is 10.0 Å². The summed E-state index contributed by atoms with van der Waals surface area (Å²) < 4.78 is 31.8. The van der Waals surface area contributed by atoms with Gasteiger partial charge in [-0.15, -0.1) is 0 Å². The van der Waals surface area contributed by atoms with Gasteiger partial charge < -0.3 is 4.74 Å². The molecule has 0 saturated carbocycles. The van der Waals surface area contributed by atoms with Crippen molar-refractivity contribution in [1.82, 2.24) is 9.71 Å². The van der Waals surface area contributed by atoms with Crippen molar-refractivity contribution in [3.05, 3.63) is 54.2 Å². The molecule has 2 rings (SSSR count). The second-order valence-corrected chi connectivity index (χ2v) is 5.56. The molecule has 0 saturated heterocycles. The van der Waals surface area contributed by atoms with Gasteiger partial charge in [0.25, 0.3) is 0 Å². The Bertz CT molecular complexity index is 642. The van der Waals surface area contributed by atoms with Gasteiger partial charge in [0.05, 0.1) is 7.11 Å². The summed E-state index contributed by atoms with van der Waals surface area (Å²) >= 11 is 0. The van der Waals surface area contributed by atoms with E-state index in [4.69, 9.17) is 4.74 Å². The van der Waals surface area contributed by atoms with Crippen molar-refractivity contribution in [2.24, 2.45) is 0 Å². The van der Waals surface area contributed by atoms with Crippen LogP contribution in [0.2, 0.25) is 0 Å². The molecule has 1 N–H and O–H groups in total. The predicted octanol–water partition coefficient (Wildman–Crippen LogP) is 1.57. The first-order chi connectivity index (χ1) is 9.13. The van der Waals surface area contributed by atoms with E-state index in [1.165, 1.54) is 19.4 Å². The molecule has 6 heteroatoms. The van der Waals surface area contributed by atoms with E-state index in [0.29, 0.717) is 0 Å². The third kappa shape index (κ3) is 3.30. The topological polar surface area (TPSA) is 68.3 Å². The molecule has 2 aromatic rings. The fraction of sp³-hybridized carbons (Fsp3) is 0.154. The molecule has 0 aliphatic carbocycles. The van der Waals surface area contributed by atoms with Crippen LogP contribution in [0.4, 0.5) is 0 Å². The van der Waals surface area contributed by atoms with Gasteiger partial charge in [0, 0.05) is 12.7 Å². The number of rotatable bonds is 5. The van der Waals surface area contributed by atoms with E-state index in [0.717, 1.165) is 5.56 Å². The van der Waals surface area contributed by atoms with Crippen LogP contribution in [0.25, 0.3) is 0 Å². The molecule has 1 heterocycles. The molecule has 19 heavy (non-hydrogen) atoms. The van der Waals surface area contributed by atoms with Gasteiger partial charge in [0.2, 0.25) is 15.9 Å². The Morgan fingerprint density at radius 3 is 2.58 bits per heavy atom. The van der Waals surface area contributed by atoms with Crippen LogP contribution in [0, 0.1) is 0 Å².